The third-order valence-corrected chi connectivity index (χ3v) is 2.61. The fraction of sp³-hybridized carbons (Fsp3) is 0.0833. The van der Waals surface area contributed by atoms with E-state index < -0.39 is 17.8 Å². The van der Waals surface area contributed by atoms with Crippen LogP contribution >= 0.6 is 11.6 Å². The zero-order chi connectivity index (χ0) is 14.8. The van der Waals surface area contributed by atoms with Crippen molar-refractivity contribution in [3.8, 4) is 0 Å². The van der Waals surface area contributed by atoms with E-state index in [0.29, 0.717) is 0 Å². The highest BCUT2D eigenvalue weighted by atomic mass is 35.5. The summed E-state index contributed by atoms with van der Waals surface area (Å²) in [6.07, 6.45) is -2.28. The van der Waals surface area contributed by atoms with E-state index in [2.05, 4.69) is 15.3 Å². The van der Waals surface area contributed by atoms with Crippen LogP contribution in [0.2, 0.25) is 5.02 Å². The summed E-state index contributed by atoms with van der Waals surface area (Å²) in [5.74, 6) is -0.522. The summed E-state index contributed by atoms with van der Waals surface area (Å²) in [5, 5.41) is 2.60. The highest BCUT2D eigenvalue weighted by Crippen LogP contribution is 2.27. The minimum absolute atomic E-state index is 0.0280. The van der Waals surface area contributed by atoms with Crippen molar-refractivity contribution >= 4 is 23.3 Å². The summed E-state index contributed by atoms with van der Waals surface area (Å²) < 4.78 is 37.0. The van der Waals surface area contributed by atoms with Gasteiger partial charge in [-0.3, -0.25) is 9.78 Å². The van der Waals surface area contributed by atoms with E-state index in [1.165, 1.54) is 12.3 Å². The average Bonchev–Trinajstić information content (AvgIpc) is 2.40. The number of hydrogen-bond donors (Lipinski definition) is 1. The molecule has 0 atom stereocenters. The van der Waals surface area contributed by atoms with Gasteiger partial charge >= 0.3 is 6.18 Å². The summed E-state index contributed by atoms with van der Waals surface area (Å²) in [6.45, 7) is 0. The molecule has 2 rings (SSSR count). The number of amides is 1. The van der Waals surface area contributed by atoms with E-state index in [-0.39, 0.29) is 16.4 Å². The van der Waals surface area contributed by atoms with Crippen molar-refractivity contribution in [2.45, 2.75) is 6.18 Å². The Morgan fingerprint density at radius 2 is 1.95 bits per heavy atom. The SMILES string of the molecule is O=C(Nc1ncccc1Cl)c1ccc(C(F)(F)F)nc1. The molecule has 0 spiro atoms. The fourth-order valence-electron chi connectivity index (χ4n) is 1.35. The molecule has 0 radical (unpaired) electrons. The summed E-state index contributed by atoms with van der Waals surface area (Å²) in [7, 11) is 0. The van der Waals surface area contributed by atoms with Crippen molar-refractivity contribution in [2.75, 3.05) is 5.32 Å². The third kappa shape index (κ3) is 3.24. The maximum atomic E-state index is 12.3. The van der Waals surface area contributed by atoms with E-state index in [1.807, 2.05) is 0 Å². The molecule has 20 heavy (non-hydrogen) atoms. The zero-order valence-electron chi connectivity index (χ0n) is 9.78. The largest absolute Gasteiger partial charge is 0.433 e. The molecule has 0 saturated carbocycles. The lowest BCUT2D eigenvalue weighted by atomic mass is 10.2. The van der Waals surface area contributed by atoms with E-state index in [9.17, 15) is 18.0 Å². The number of pyridine rings is 2. The topological polar surface area (TPSA) is 54.9 Å². The Morgan fingerprint density at radius 1 is 1.20 bits per heavy atom. The fourth-order valence-corrected chi connectivity index (χ4v) is 1.52. The Morgan fingerprint density at radius 3 is 2.50 bits per heavy atom. The Kier molecular flexibility index (Phi) is 3.89. The molecule has 104 valence electrons. The highest BCUT2D eigenvalue weighted by molar-refractivity contribution is 6.33. The first-order valence-electron chi connectivity index (χ1n) is 5.33. The van der Waals surface area contributed by atoms with Crippen molar-refractivity contribution in [3.05, 3.63) is 52.9 Å². The number of carbonyl (C=O) groups is 1. The number of halogens is 4. The number of nitrogens with one attached hydrogen (secondary N) is 1. The van der Waals surface area contributed by atoms with Gasteiger partial charge in [-0.05, 0) is 24.3 Å². The summed E-state index contributed by atoms with van der Waals surface area (Å²) >= 11 is 5.80. The maximum absolute atomic E-state index is 12.3. The first-order valence-corrected chi connectivity index (χ1v) is 5.71. The number of hydrogen-bond acceptors (Lipinski definition) is 3. The van der Waals surface area contributed by atoms with Crippen molar-refractivity contribution in [3.63, 3.8) is 0 Å². The van der Waals surface area contributed by atoms with Crippen molar-refractivity contribution in [1.82, 2.24) is 9.97 Å². The van der Waals surface area contributed by atoms with Gasteiger partial charge in [0.25, 0.3) is 5.91 Å². The smallest absolute Gasteiger partial charge is 0.305 e. The van der Waals surface area contributed by atoms with E-state index >= 15 is 0 Å². The molecule has 0 bridgehead atoms. The normalized spacial score (nSPS) is 11.2. The Balaban J connectivity index is 2.16. The Labute approximate surface area is 116 Å². The van der Waals surface area contributed by atoms with Gasteiger partial charge in [-0.15, -0.1) is 0 Å². The van der Waals surface area contributed by atoms with E-state index in [1.54, 1.807) is 6.07 Å². The van der Waals surface area contributed by atoms with E-state index in [4.69, 9.17) is 11.6 Å². The second kappa shape index (κ2) is 5.46. The van der Waals surface area contributed by atoms with Crippen LogP contribution in [0.1, 0.15) is 16.1 Å². The maximum Gasteiger partial charge on any atom is 0.433 e. The molecule has 4 nitrogen and oxygen atoms in total. The molecule has 1 amide bonds. The second-order valence-electron chi connectivity index (χ2n) is 3.72. The molecule has 0 aliphatic rings. The van der Waals surface area contributed by atoms with Crippen LogP contribution in [0.3, 0.4) is 0 Å². The molecule has 0 aliphatic carbocycles. The number of rotatable bonds is 2. The minimum Gasteiger partial charge on any atom is -0.305 e. The van der Waals surface area contributed by atoms with Crippen molar-refractivity contribution in [1.29, 1.82) is 0 Å². The predicted molar refractivity (Wildman–Crippen MR) is 66.4 cm³/mol. The van der Waals surface area contributed by atoms with Crippen molar-refractivity contribution < 1.29 is 18.0 Å². The van der Waals surface area contributed by atoms with Crippen LogP contribution in [0.4, 0.5) is 19.0 Å². The Bertz CT molecular complexity index is 629. The predicted octanol–water partition coefficient (Wildman–Crippen LogP) is 3.40. The highest BCUT2D eigenvalue weighted by Gasteiger charge is 2.32. The summed E-state index contributed by atoms with van der Waals surface area (Å²) in [6, 6.07) is 4.86. The molecule has 2 aromatic rings. The third-order valence-electron chi connectivity index (χ3n) is 2.31. The molecule has 8 heteroatoms. The van der Waals surface area contributed by atoms with Gasteiger partial charge in [-0.1, -0.05) is 11.6 Å². The standard InChI is InChI=1S/C12H7ClF3N3O/c13-8-2-1-5-17-10(8)19-11(20)7-3-4-9(18-6-7)12(14,15)16/h1-6H,(H,17,19,20). The lowest BCUT2D eigenvalue weighted by Gasteiger charge is -2.07. The van der Waals surface area contributed by atoms with Crippen LogP contribution < -0.4 is 5.32 Å². The molecule has 0 unspecified atom stereocenters. The molecule has 0 aromatic carbocycles. The van der Waals surface area contributed by atoms with Crippen LogP contribution in [-0.4, -0.2) is 15.9 Å². The minimum atomic E-state index is -4.54. The number of aromatic nitrogens is 2. The second-order valence-corrected chi connectivity index (χ2v) is 4.13. The van der Waals surface area contributed by atoms with Gasteiger partial charge in [0, 0.05) is 12.4 Å². The van der Waals surface area contributed by atoms with Gasteiger partial charge in [0.1, 0.15) is 5.69 Å². The van der Waals surface area contributed by atoms with Gasteiger partial charge in [-0.25, -0.2) is 4.98 Å². The molecule has 0 aliphatic heterocycles. The van der Waals surface area contributed by atoms with Gasteiger partial charge in [0.05, 0.1) is 10.6 Å². The molecule has 2 heterocycles. The van der Waals surface area contributed by atoms with Crippen LogP contribution in [0.5, 0.6) is 0 Å². The van der Waals surface area contributed by atoms with Crippen LogP contribution in [-0.2, 0) is 6.18 Å². The Hall–Kier alpha value is -2.15. The number of alkyl halides is 3. The lowest BCUT2D eigenvalue weighted by molar-refractivity contribution is -0.141. The lowest BCUT2D eigenvalue weighted by Crippen LogP contribution is -2.15. The van der Waals surface area contributed by atoms with Gasteiger partial charge in [0.2, 0.25) is 0 Å². The van der Waals surface area contributed by atoms with Crippen LogP contribution in [0.25, 0.3) is 0 Å². The average molecular weight is 302 g/mol. The van der Waals surface area contributed by atoms with Gasteiger partial charge in [0.15, 0.2) is 5.82 Å². The summed E-state index contributed by atoms with van der Waals surface area (Å²) in [5.41, 5.74) is -1.09. The molecule has 0 fully saturated rings. The molecular formula is C12H7ClF3N3O. The zero-order valence-corrected chi connectivity index (χ0v) is 10.5. The number of anilines is 1. The first-order chi connectivity index (χ1) is 9.38. The number of carbonyl (C=O) groups excluding carboxylic acids is 1. The monoisotopic (exact) mass is 301 g/mol. The van der Waals surface area contributed by atoms with Crippen LogP contribution in [0, 0.1) is 0 Å². The first kappa shape index (κ1) is 14.3. The molecular weight excluding hydrogens is 295 g/mol. The molecule has 2 aromatic heterocycles. The van der Waals surface area contributed by atoms with Crippen molar-refractivity contribution in [2.24, 2.45) is 0 Å². The summed E-state index contributed by atoms with van der Waals surface area (Å²) in [4.78, 5) is 18.8. The van der Waals surface area contributed by atoms with Crippen LogP contribution in [0.15, 0.2) is 36.7 Å². The number of nitrogens with zero attached hydrogens (tertiary/aromatic N) is 2. The molecule has 0 saturated heterocycles. The van der Waals surface area contributed by atoms with Gasteiger partial charge in [-0.2, -0.15) is 13.2 Å². The quantitative estimate of drug-likeness (QED) is 0.925. The molecule has 1 N–H and O–H groups in total. The van der Waals surface area contributed by atoms with E-state index in [0.717, 1.165) is 18.3 Å². The van der Waals surface area contributed by atoms with Gasteiger partial charge < -0.3 is 5.32 Å².